The Labute approximate surface area is 142 Å². The van der Waals surface area contributed by atoms with Crippen LogP contribution < -0.4 is 15.0 Å². The second kappa shape index (κ2) is 6.42. The monoisotopic (exact) mass is 325 g/mol. The molecule has 24 heavy (non-hydrogen) atoms. The van der Waals surface area contributed by atoms with Gasteiger partial charge in [0.15, 0.2) is 0 Å². The topological polar surface area (TPSA) is 57.6 Å². The van der Waals surface area contributed by atoms with Crippen LogP contribution in [0.1, 0.15) is 35.9 Å². The number of ether oxygens (including phenoxy) is 1. The fourth-order valence-electron chi connectivity index (χ4n) is 3.54. The number of aliphatic hydroxyl groups excluding tert-OH is 1. The number of anilines is 1. The third-order valence-corrected chi connectivity index (χ3v) is 4.84. The maximum Gasteiger partial charge on any atom is 0.133 e. The van der Waals surface area contributed by atoms with E-state index in [1.807, 2.05) is 30.3 Å². The highest BCUT2D eigenvalue weighted by Gasteiger charge is 2.26. The quantitative estimate of drug-likeness (QED) is 0.908. The van der Waals surface area contributed by atoms with Crippen molar-refractivity contribution in [3.05, 3.63) is 53.2 Å². The van der Waals surface area contributed by atoms with E-state index in [1.165, 1.54) is 0 Å². The maximum absolute atomic E-state index is 9.90. The highest BCUT2D eigenvalue weighted by molar-refractivity contribution is 5.51. The number of aliphatic hydroxyl groups is 1. The van der Waals surface area contributed by atoms with Crippen molar-refractivity contribution in [3.63, 3.8) is 0 Å². The van der Waals surface area contributed by atoms with E-state index in [0.717, 1.165) is 54.3 Å². The summed E-state index contributed by atoms with van der Waals surface area (Å²) in [5.74, 6) is 1.99. The van der Waals surface area contributed by atoms with Crippen LogP contribution in [0, 0.1) is 6.92 Å². The first kappa shape index (κ1) is 15.4. The Kier molecular flexibility index (Phi) is 4.12. The SMILES string of the molecule is Cc1cc2c(nc1N1CCC(Oc3ccccc3)CC1)CNC2O. The molecule has 5 nitrogen and oxygen atoms in total. The van der Waals surface area contributed by atoms with E-state index in [1.54, 1.807) is 0 Å². The summed E-state index contributed by atoms with van der Waals surface area (Å²) in [5.41, 5.74) is 3.00. The molecule has 0 spiro atoms. The van der Waals surface area contributed by atoms with Crippen LogP contribution in [0.2, 0.25) is 0 Å². The minimum Gasteiger partial charge on any atom is -0.490 e. The van der Waals surface area contributed by atoms with E-state index in [9.17, 15) is 5.11 Å². The van der Waals surface area contributed by atoms with Gasteiger partial charge in [-0.15, -0.1) is 0 Å². The fraction of sp³-hybridized carbons (Fsp3) is 0.421. The Balaban J connectivity index is 1.43. The van der Waals surface area contributed by atoms with Gasteiger partial charge in [-0.1, -0.05) is 18.2 Å². The van der Waals surface area contributed by atoms with E-state index in [2.05, 4.69) is 23.2 Å². The van der Waals surface area contributed by atoms with Gasteiger partial charge < -0.3 is 14.7 Å². The predicted octanol–water partition coefficient (Wildman–Crippen LogP) is 2.53. The lowest BCUT2D eigenvalue weighted by Gasteiger charge is -2.34. The summed E-state index contributed by atoms with van der Waals surface area (Å²) in [6.45, 7) is 4.60. The summed E-state index contributed by atoms with van der Waals surface area (Å²) in [4.78, 5) is 7.14. The Bertz CT molecular complexity index is 712. The third-order valence-electron chi connectivity index (χ3n) is 4.84. The molecule has 5 heteroatoms. The lowest BCUT2D eigenvalue weighted by Crippen LogP contribution is -2.39. The second-order valence-corrected chi connectivity index (χ2v) is 6.57. The van der Waals surface area contributed by atoms with Gasteiger partial charge in [0.05, 0.1) is 5.69 Å². The van der Waals surface area contributed by atoms with Crippen molar-refractivity contribution in [1.82, 2.24) is 10.3 Å². The molecule has 126 valence electrons. The number of para-hydroxylation sites is 1. The van der Waals surface area contributed by atoms with Gasteiger partial charge in [-0.2, -0.15) is 0 Å². The molecule has 2 aliphatic rings. The molecule has 2 N–H and O–H groups in total. The molecule has 3 heterocycles. The average molecular weight is 325 g/mol. The average Bonchev–Trinajstić information content (AvgIpc) is 2.96. The van der Waals surface area contributed by atoms with E-state index in [0.29, 0.717) is 6.54 Å². The van der Waals surface area contributed by atoms with Crippen LogP contribution in [0.5, 0.6) is 5.75 Å². The number of nitrogens with zero attached hydrogens (tertiary/aromatic N) is 2. The zero-order valence-corrected chi connectivity index (χ0v) is 13.9. The number of nitrogens with one attached hydrogen (secondary N) is 1. The molecule has 1 saturated heterocycles. The third kappa shape index (κ3) is 2.97. The zero-order valence-electron chi connectivity index (χ0n) is 13.9. The number of aromatic nitrogens is 1. The highest BCUT2D eigenvalue weighted by Crippen LogP contribution is 2.30. The molecule has 0 bridgehead atoms. The van der Waals surface area contributed by atoms with Crippen molar-refractivity contribution in [3.8, 4) is 5.75 Å². The van der Waals surface area contributed by atoms with Crippen LogP contribution in [0.15, 0.2) is 36.4 Å². The van der Waals surface area contributed by atoms with Crippen LogP contribution in [0.4, 0.5) is 5.82 Å². The van der Waals surface area contributed by atoms with Gasteiger partial charge in [0.25, 0.3) is 0 Å². The smallest absolute Gasteiger partial charge is 0.133 e. The van der Waals surface area contributed by atoms with E-state index < -0.39 is 6.23 Å². The molecule has 1 fully saturated rings. The predicted molar refractivity (Wildman–Crippen MR) is 93.1 cm³/mol. The number of piperidine rings is 1. The number of hydrogen-bond donors (Lipinski definition) is 2. The molecule has 1 aromatic heterocycles. The van der Waals surface area contributed by atoms with Crippen LogP contribution in [0.25, 0.3) is 0 Å². The minimum atomic E-state index is -0.578. The maximum atomic E-state index is 9.90. The summed E-state index contributed by atoms with van der Waals surface area (Å²) in [5, 5.41) is 12.9. The van der Waals surface area contributed by atoms with Crippen molar-refractivity contribution in [1.29, 1.82) is 0 Å². The molecule has 0 radical (unpaired) electrons. The van der Waals surface area contributed by atoms with Gasteiger partial charge in [-0.3, -0.25) is 5.32 Å². The first-order chi connectivity index (χ1) is 11.7. The number of rotatable bonds is 3. The normalized spacial score (nSPS) is 20.9. The number of aryl methyl sites for hydroxylation is 1. The summed E-state index contributed by atoms with van der Waals surface area (Å²) in [6.07, 6.45) is 1.68. The van der Waals surface area contributed by atoms with Crippen molar-refractivity contribution in [2.45, 2.75) is 38.6 Å². The van der Waals surface area contributed by atoms with Gasteiger partial charge in [0.1, 0.15) is 23.9 Å². The number of pyridine rings is 1. The lowest BCUT2D eigenvalue weighted by molar-refractivity contribution is 0.151. The molecule has 1 unspecified atom stereocenters. The van der Waals surface area contributed by atoms with Gasteiger partial charge in [0, 0.05) is 38.0 Å². The van der Waals surface area contributed by atoms with Gasteiger partial charge >= 0.3 is 0 Å². The standard InChI is InChI=1S/C19H23N3O2/c1-13-11-16-17(12-20-19(16)23)21-18(13)22-9-7-15(8-10-22)24-14-5-3-2-4-6-14/h2-6,11,15,19-20,23H,7-10,12H2,1H3. The van der Waals surface area contributed by atoms with Gasteiger partial charge in [-0.25, -0.2) is 4.98 Å². The lowest BCUT2D eigenvalue weighted by atomic mass is 10.1. The molecule has 2 aliphatic heterocycles. The molecule has 4 rings (SSSR count). The van der Waals surface area contributed by atoms with Crippen molar-refractivity contribution in [2.24, 2.45) is 0 Å². The molecule has 0 amide bonds. The molecule has 2 aromatic rings. The van der Waals surface area contributed by atoms with Gasteiger partial charge in [-0.05, 0) is 30.7 Å². The zero-order chi connectivity index (χ0) is 16.5. The van der Waals surface area contributed by atoms with Crippen molar-refractivity contribution in [2.75, 3.05) is 18.0 Å². The van der Waals surface area contributed by atoms with E-state index >= 15 is 0 Å². The Morgan fingerprint density at radius 1 is 1.21 bits per heavy atom. The highest BCUT2D eigenvalue weighted by atomic mass is 16.5. The molecule has 0 aliphatic carbocycles. The number of hydrogen-bond acceptors (Lipinski definition) is 5. The van der Waals surface area contributed by atoms with Gasteiger partial charge in [0.2, 0.25) is 0 Å². The second-order valence-electron chi connectivity index (χ2n) is 6.57. The minimum absolute atomic E-state index is 0.266. The summed E-state index contributed by atoms with van der Waals surface area (Å²) in [7, 11) is 0. The van der Waals surface area contributed by atoms with E-state index in [-0.39, 0.29) is 6.10 Å². The largest absolute Gasteiger partial charge is 0.490 e. The first-order valence-corrected chi connectivity index (χ1v) is 8.59. The van der Waals surface area contributed by atoms with Crippen molar-refractivity contribution >= 4 is 5.82 Å². The van der Waals surface area contributed by atoms with E-state index in [4.69, 9.17) is 9.72 Å². The Morgan fingerprint density at radius 3 is 2.71 bits per heavy atom. The Morgan fingerprint density at radius 2 is 1.96 bits per heavy atom. The molecular formula is C19H23N3O2. The number of fused-ring (bicyclic) bond motifs is 1. The van der Waals surface area contributed by atoms with Crippen LogP contribution in [-0.2, 0) is 6.54 Å². The van der Waals surface area contributed by atoms with Crippen LogP contribution in [0.3, 0.4) is 0 Å². The fourth-order valence-corrected chi connectivity index (χ4v) is 3.54. The summed E-state index contributed by atoms with van der Waals surface area (Å²) in [6, 6.07) is 12.1. The molecule has 0 saturated carbocycles. The first-order valence-electron chi connectivity index (χ1n) is 8.59. The van der Waals surface area contributed by atoms with Crippen LogP contribution in [-0.4, -0.2) is 29.3 Å². The summed E-state index contributed by atoms with van der Waals surface area (Å²) >= 11 is 0. The molecule has 1 atom stereocenters. The molecular weight excluding hydrogens is 302 g/mol. The molecule has 1 aromatic carbocycles. The Hall–Kier alpha value is -2.11. The summed E-state index contributed by atoms with van der Waals surface area (Å²) < 4.78 is 6.07. The van der Waals surface area contributed by atoms with Crippen LogP contribution >= 0.6 is 0 Å². The van der Waals surface area contributed by atoms with Crippen molar-refractivity contribution < 1.29 is 9.84 Å². The number of benzene rings is 1.